The second kappa shape index (κ2) is 5.14. The summed E-state index contributed by atoms with van der Waals surface area (Å²) in [6, 6.07) is 9.86. The molecule has 0 amide bonds. The minimum atomic E-state index is -0.414. The van der Waals surface area contributed by atoms with Crippen molar-refractivity contribution in [2.75, 3.05) is 5.73 Å². The van der Waals surface area contributed by atoms with Crippen LogP contribution in [0, 0.1) is 5.82 Å². The molecular formula is C12H10BrFN2O. The fraction of sp³-hybridized carbons (Fsp3) is 0.0833. The van der Waals surface area contributed by atoms with E-state index in [1.54, 1.807) is 30.3 Å². The van der Waals surface area contributed by atoms with Crippen molar-refractivity contribution in [3.63, 3.8) is 0 Å². The van der Waals surface area contributed by atoms with Crippen molar-refractivity contribution < 1.29 is 9.13 Å². The highest BCUT2D eigenvalue weighted by molar-refractivity contribution is 9.10. The molecule has 0 aliphatic heterocycles. The van der Waals surface area contributed by atoms with Crippen molar-refractivity contribution >= 4 is 21.7 Å². The van der Waals surface area contributed by atoms with Gasteiger partial charge in [0.05, 0.1) is 5.69 Å². The van der Waals surface area contributed by atoms with E-state index in [1.807, 2.05) is 0 Å². The highest BCUT2D eigenvalue weighted by Crippen LogP contribution is 2.22. The number of benzene rings is 1. The van der Waals surface area contributed by atoms with Gasteiger partial charge >= 0.3 is 0 Å². The first-order chi connectivity index (χ1) is 8.15. The number of ether oxygens (including phenoxy) is 1. The van der Waals surface area contributed by atoms with E-state index in [4.69, 9.17) is 10.5 Å². The summed E-state index contributed by atoms with van der Waals surface area (Å²) in [5, 5.41) is 0. The van der Waals surface area contributed by atoms with E-state index in [2.05, 4.69) is 20.9 Å². The number of anilines is 1. The molecule has 0 spiro atoms. The summed E-state index contributed by atoms with van der Waals surface area (Å²) < 4.78 is 19.4. The number of nitrogens with two attached hydrogens (primary N) is 1. The number of halogens is 2. The van der Waals surface area contributed by atoms with Crippen LogP contribution in [0.2, 0.25) is 0 Å². The van der Waals surface area contributed by atoms with Gasteiger partial charge in [-0.05, 0) is 30.3 Å². The number of hydrogen-bond donors (Lipinski definition) is 1. The van der Waals surface area contributed by atoms with E-state index in [1.165, 1.54) is 6.07 Å². The summed E-state index contributed by atoms with van der Waals surface area (Å²) in [5.74, 6) is 0.197. The smallest absolute Gasteiger partial charge is 0.166 e. The van der Waals surface area contributed by atoms with Gasteiger partial charge in [-0.15, -0.1) is 0 Å². The molecule has 0 saturated carbocycles. The molecule has 3 nitrogen and oxygen atoms in total. The Morgan fingerprint density at radius 1 is 1.29 bits per heavy atom. The Hall–Kier alpha value is -1.62. The molecule has 0 saturated heterocycles. The predicted octanol–water partition coefficient (Wildman–Crippen LogP) is 3.14. The molecule has 1 aromatic heterocycles. The van der Waals surface area contributed by atoms with Gasteiger partial charge in [-0.3, -0.25) is 0 Å². The Morgan fingerprint density at radius 2 is 2.12 bits per heavy atom. The zero-order chi connectivity index (χ0) is 12.3. The van der Waals surface area contributed by atoms with Crippen LogP contribution in [0.5, 0.6) is 5.75 Å². The van der Waals surface area contributed by atoms with Crippen LogP contribution in [0.1, 0.15) is 5.69 Å². The summed E-state index contributed by atoms with van der Waals surface area (Å²) in [7, 11) is 0. The minimum absolute atomic E-state index is 0.184. The number of aromatic nitrogens is 1. The Morgan fingerprint density at radius 3 is 2.82 bits per heavy atom. The highest BCUT2D eigenvalue weighted by Gasteiger charge is 2.04. The van der Waals surface area contributed by atoms with E-state index < -0.39 is 5.82 Å². The average molecular weight is 297 g/mol. The number of pyridine rings is 1. The second-order valence-electron chi connectivity index (χ2n) is 3.42. The topological polar surface area (TPSA) is 48.1 Å². The Bertz CT molecular complexity index is 534. The molecular weight excluding hydrogens is 287 g/mol. The van der Waals surface area contributed by atoms with Gasteiger partial charge < -0.3 is 10.5 Å². The van der Waals surface area contributed by atoms with Gasteiger partial charge in [-0.1, -0.05) is 22.0 Å². The van der Waals surface area contributed by atoms with Gasteiger partial charge in [-0.25, -0.2) is 9.37 Å². The van der Waals surface area contributed by atoms with E-state index >= 15 is 0 Å². The summed E-state index contributed by atoms with van der Waals surface area (Å²) in [4.78, 5) is 4.06. The second-order valence-corrected chi connectivity index (χ2v) is 4.33. The molecule has 2 aromatic rings. The minimum Gasteiger partial charge on any atom is -0.484 e. The van der Waals surface area contributed by atoms with Gasteiger partial charge in [0, 0.05) is 4.47 Å². The van der Waals surface area contributed by atoms with Crippen molar-refractivity contribution in [2.45, 2.75) is 6.61 Å². The number of nitrogens with zero attached hydrogens (tertiary/aromatic N) is 1. The van der Waals surface area contributed by atoms with E-state index in [0.29, 0.717) is 16.0 Å². The Balaban J connectivity index is 2.07. The van der Waals surface area contributed by atoms with Crippen molar-refractivity contribution in [2.24, 2.45) is 0 Å². The molecule has 0 atom stereocenters. The van der Waals surface area contributed by atoms with Gasteiger partial charge in [0.2, 0.25) is 0 Å². The molecule has 5 heteroatoms. The SMILES string of the molecule is Nc1cccc(COc2ccc(Br)cc2F)n1. The summed E-state index contributed by atoms with van der Waals surface area (Å²) in [6.45, 7) is 0.184. The molecule has 0 unspecified atom stereocenters. The molecule has 2 rings (SSSR count). The molecule has 17 heavy (non-hydrogen) atoms. The molecule has 1 aromatic carbocycles. The third-order valence-corrected chi connectivity index (χ3v) is 2.59. The third-order valence-electron chi connectivity index (χ3n) is 2.10. The average Bonchev–Trinajstić information content (AvgIpc) is 2.28. The fourth-order valence-electron chi connectivity index (χ4n) is 1.32. The normalized spacial score (nSPS) is 10.2. The first-order valence-corrected chi connectivity index (χ1v) is 5.74. The van der Waals surface area contributed by atoms with Gasteiger partial charge in [0.1, 0.15) is 12.4 Å². The molecule has 1 heterocycles. The lowest BCUT2D eigenvalue weighted by molar-refractivity contribution is 0.286. The van der Waals surface area contributed by atoms with Crippen LogP contribution in [-0.2, 0) is 6.61 Å². The Kier molecular flexibility index (Phi) is 3.58. The quantitative estimate of drug-likeness (QED) is 0.946. The number of rotatable bonds is 3. The van der Waals surface area contributed by atoms with Crippen LogP contribution in [0.25, 0.3) is 0 Å². The third kappa shape index (κ3) is 3.17. The lowest BCUT2D eigenvalue weighted by Crippen LogP contribution is -2.01. The summed E-state index contributed by atoms with van der Waals surface area (Å²) in [5.41, 5.74) is 6.19. The zero-order valence-corrected chi connectivity index (χ0v) is 10.4. The first-order valence-electron chi connectivity index (χ1n) is 4.94. The van der Waals surface area contributed by atoms with Crippen LogP contribution < -0.4 is 10.5 Å². The molecule has 88 valence electrons. The maximum Gasteiger partial charge on any atom is 0.166 e. The zero-order valence-electron chi connectivity index (χ0n) is 8.86. The van der Waals surface area contributed by atoms with Crippen LogP contribution in [0.15, 0.2) is 40.9 Å². The monoisotopic (exact) mass is 296 g/mol. The highest BCUT2D eigenvalue weighted by atomic mass is 79.9. The molecule has 0 bridgehead atoms. The summed E-state index contributed by atoms with van der Waals surface area (Å²) >= 11 is 3.18. The largest absolute Gasteiger partial charge is 0.484 e. The standard InChI is InChI=1S/C12H10BrFN2O/c13-8-4-5-11(10(14)6-8)17-7-9-2-1-3-12(15)16-9/h1-6H,7H2,(H2,15,16). The van der Waals surface area contributed by atoms with Crippen molar-refractivity contribution in [1.82, 2.24) is 4.98 Å². The van der Waals surface area contributed by atoms with Crippen LogP contribution >= 0.6 is 15.9 Å². The van der Waals surface area contributed by atoms with Crippen molar-refractivity contribution in [3.8, 4) is 5.75 Å². The lowest BCUT2D eigenvalue weighted by Gasteiger charge is -2.07. The molecule has 0 aliphatic rings. The van der Waals surface area contributed by atoms with E-state index in [9.17, 15) is 4.39 Å². The van der Waals surface area contributed by atoms with Crippen LogP contribution in [0.4, 0.5) is 10.2 Å². The lowest BCUT2D eigenvalue weighted by atomic mass is 10.3. The molecule has 0 radical (unpaired) electrons. The van der Waals surface area contributed by atoms with Gasteiger partial charge in [0.15, 0.2) is 11.6 Å². The maximum absolute atomic E-state index is 13.4. The van der Waals surface area contributed by atoms with Gasteiger partial charge in [-0.2, -0.15) is 0 Å². The first kappa shape index (κ1) is 11.9. The Labute approximate surface area is 107 Å². The van der Waals surface area contributed by atoms with Crippen LogP contribution in [-0.4, -0.2) is 4.98 Å². The molecule has 2 N–H and O–H groups in total. The number of hydrogen-bond acceptors (Lipinski definition) is 3. The number of nitrogen functional groups attached to an aromatic ring is 1. The summed E-state index contributed by atoms with van der Waals surface area (Å²) in [6.07, 6.45) is 0. The van der Waals surface area contributed by atoms with Crippen molar-refractivity contribution in [3.05, 3.63) is 52.4 Å². The predicted molar refractivity (Wildman–Crippen MR) is 67.1 cm³/mol. The fourth-order valence-corrected chi connectivity index (χ4v) is 1.66. The maximum atomic E-state index is 13.4. The molecule has 0 fully saturated rings. The molecule has 0 aliphatic carbocycles. The van der Waals surface area contributed by atoms with Crippen LogP contribution in [0.3, 0.4) is 0 Å². The van der Waals surface area contributed by atoms with E-state index in [-0.39, 0.29) is 12.4 Å². The van der Waals surface area contributed by atoms with E-state index in [0.717, 1.165) is 0 Å². The van der Waals surface area contributed by atoms with Gasteiger partial charge in [0.25, 0.3) is 0 Å². The van der Waals surface area contributed by atoms with Crippen molar-refractivity contribution in [1.29, 1.82) is 0 Å².